The van der Waals surface area contributed by atoms with Gasteiger partial charge in [-0.25, -0.2) is 9.97 Å². The van der Waals surface area contributed by atoms with E-state index in [2.05, 4.69) is 9.97 Å². The first-order valence-corrected chi connectivity index (χ1v) is 8.52. The van der Waals surface area contributed by atoms with Crippen LogP contribution in [0.4, 0.5) is 0 Å². The first kappa shape index (κ1) is 18.3. The molecule has 134 valence electrons. The van der Waals surface area contributed by atoms with Crippen LogP contribution in [0, 0.1) is 13.8 Å². The molecule has 0 saturated heterocycles. The van der Waals surface area contributed by atoms with Gasteiger partial charge >= 0.3 is 0 Å². The van der Waals surface area contributed by atoms with Crippen molar-refractivity contribution < 1.29 is 13.6 Å². The predicted octanol–water partition coefficient (Wildman–Crippen LogP) is 6.10. The summed E-state index contributed by atoms with van der Waals surface area (Å²) in [5.41, 5.74) is 2.25. The summed E-state index contributed by atoms with van der Waals surface area (Å²) in [7, 11) is 1.62. The third-order valence-corrected chi connectivity index (χ3v) is 4.17. The molecule has 0 N–H and O–H groups in total. The topological polar surface area (TPSA) is 61.3 Å². The molecule has 0 amide bonds. The molecule has 2 aromatic carbocycles. The Hall–Kier alpha value is -2.50. The first-order chi connectivity index (χ1) is 12.5. The van der Waals surface area contributed by atoms with Gasteiger partial charge in [-0.1, -0.05) is 35.3 Å². The second-order valence-corrected chi connectivity index (χ2v) is 6.20. The van der Waals surface area contributed by atoms with Gasteiger partial charge in [-0.15, -0.1) is 0 Å². The summed E-state index contributed by atoms with van der Waals surface area (Å²) >= 11 is 12.0. The molecule has 0 fully saturated rings. The maximum atomic E-state index is 6.00. The number of aryl methyl sites for hydroxylation is 2. The number of para-hydroxylation sites is 1. The van der Waals surface area contributed by atoms with Crippen LogP contribution in [0.3, 0.4) is 0 Å². The van der Waals surface area contributed by atoms with E-state index in [1.54, 1.807) is 38.4 Å². The normalized spacial score (nSPS) is 10.5. The van der Waals surface area contributed by atoms with Crippen LogP contribution >= 0.6 is 23.2 Å². The number of benzene rings is 2. The lowest BCUT2D eigenvalue weighted by molar-refractivity contribution is 0.408. The number of nitrogens with zero attached hydrogens (tertiary/aromatic N) is 2. The van der Waals surface area contributed by atoms with Crippen LogP contribution < -0.4 is 4.74 Å². The summed E-state index contributed by atoms with van der Waals surface area (Å²) in [6, 6.07) is 11.0. The summed E-state index contributed by atoms with van der Waals surface area (Å²) in [4.78, 5) is 8.17. The molecule has 0 aliphatic rings. The molecular formula is C19H16Cl2N2O3. The third kappa shape index (κ3) is 3.84. The molecule has 0 bridgehead atoms. The lowest BCUT2D eigenvalue weighted by Gasteiger charge is -2.01. The highest BCUT2D eigenvalue weighted by atomic mass is 35.5. The molecule has 0 atom stereocenters. The Morgan fingerprint density at radius 1 is 0.923 bits per heavy atom. The second kappa shape index (κ2) is 7.81. The number of halogens is 2. The maximum absolute atomic E-state index is 6.00. The highest BCUT2D eigenvalue weighted by Crippen LogP contribution is 2.34. The molecule has 4 aromatic rings. The first-order valence-electron chi connectivity index (χ1n) is 7.76. The van der Waals surface area contributed by atoms with E-state index in [0.29, 0.717) is 33.2 Å². The van der Waals surface area contributed by atoms with Crippen molar-refractivity contribution >= 4 is 34.3 Å². The monoisotopic (exact) mass is 390 g/mol. The zero-order valence-electron chi connectivity index (χ0n) is 14.4. The van der Waals surface area contributed by atoms with Crippen LogP contribution in [0.1, 0.15) is 11.8 Å². The summed E-state index contributed by atoms with van der Waals surface area (Å²) in [6.45, 7) is 3.59. The lowest BCUT2D eigenvalue weighted by atomic mass is 10.2. The minimum atomic E-state index is 0.564. The van der Waals surface area contributed by atoms with Crippen molar-refractivity contribution in [2.24, 2.45) is 0 Å². The number of rotatable bonds is 2. The van der Waals surface area contributed by atoms with Gasteiger partial charge in [0.15, 0.2) is 28.9 Å². The number of methoxy groups -OCH3 is 1. The Labute approximate surface area is 160 Å². The summed E-state index contributed by atoms with van der Waals surface area (Å²) in [6.07, 6.45) is 1.61. The number of hydrogen-bond donors (Lipinski definition) is 0. The van der Waals surface area contributed by atoms with Gasteiger partial charge in [0.25, 0.3) is 0 Å². The summed E-state index contributed by atoms with van der Waals surface area (Å²) in [5, 5.41) is 1.13. The van der Waals surface area contributed by atoms with E-state index in [9.17, 15) is 0 Å². The molecule has 0 radical (unpaired) electrons. The molecule has 7 heteroatoms. The van der Waals surface area contributed by atoms with Gasteiger partial charge < -0.3 is 13.6 Å². The molecule has 0 spiro atoms. The van der Waals surface area contributed by atoms with Gasteiger partial charge in [0.1, 0.15) is 5.52 Å². The van der Waals surface area contributed by atoms with Crippen molar-refractivity contribution in [3.8, 4) is 17.1 Å². The molecule has 5 nitrogen and oxygen atoms in total. The fourth-order valence-electron chi connectivity index (χ4n) is 2.41. The van der Waals surface area contributed by atoms with Crippen LogP contribution in [0.2, 0.25) is 10.0 Å². The van der Waals surface area contributed by atoms with Crippen molar-refractivity contribution in [2.45, 2.75) is 13.8 Å². The van der Waals surface area contributed by atoms with E-state index in [1.807, 2.05) is 25.1 Å². The molecule has 0 saturated carbocycles. The molecule has 0 aliphatic heterocycles. The van der Waals surface area contributed by atoms with E-state index < -0.39 is 0 Å². The van der Waals surface area contributed by atoms with Crippen molar-refractivity contribution in [1.29, 1.82) is 0 Å². The Morgan fingerprint density at radius 3 is 2.23 bits per heavy atom. The number of aromatic nitrogens is 2. The third-order valence-electron chi connectivity index (χ3n) is 3.54. The number of ether oxygens (including phenoxy) is 1. The Kier molecular flexibility index (Phi) is 5.49. The minimum absolute atomic E-state index is 0.564. The Balaban J connectivity index is 0.000000152. The van der Waals surface area contributed by atoms with Crippen LogP contribution in [0.25, 0.3) is 22.4 Å². The second-order valence-electron chi connectivity index (χ2n) is 5.38. The number of fused-ring (bicyclic) bond motifs is 1. The average molecular weight is 391 g/mol. The van der Waals surface area contributed by atoms with Crippen LogP contribution in [0.15, 0.2) is 51.4 Å². The summed E-state index contributed by atoms with van der Waals surface area (Å²) < 4.78 is 15.8. The number of hydrogen-bond acceptors (Lipinski definition) is 5. The van der Waals surface area contributed by atoms with Gasteiger partial charge in [-0.3, -0.25) is 0 Å². The molecule has 2 heterocycles. The van der Waals surface area contributed by atoms with Gasteiger partial charge in [0.2, 0.25) is 0 Å². The van der Waals surface area contributed by atoms with Gasteiger partial charge in [0, 0.05) is 13.8 Å². The predicted molar refractivity (Wildman–Crippen MR) is 102 cm³/mol. The van der Waals surface area contributed by atoms with Crippen LogP contribution in [-0.4, -0.2) is 17.1 Å². The standard InChI is InChI=1S/C10H7Cl2NO.C9H9NO2/c1-6-13-5-9(14-6)10-7(11)3-2-4-8(10)12;1-6-10-7-4-3-5-8(11-2)9(7)12-6/h2-5H,1H3;3-5H,1-2H3. The average Bonchev–Trinajstić information content (AvgIpc) is 3.19. The lowest BCUT2D eigenvalue weighted by Crippen LogP contribution is -1.81. The van der Waals surface area contributed by atoms with Crippen molar-refractivity contribution in [3.63, 3.8) is 0 Å². The fraction of sp³-hybridized carbons (Fsp3) is 0.158. The molecular weight excluding hydrogens is 375 g/mol. The van der Waals surface area contributed by atoms with Crippen molar-refractivity contribution in [3.05, 3.63) is 64.4 Å². The largest absolute Gasteiger partial charge is 0.493 e. The minimum Gasteiger partial charge on any atom is -0.493 e. The summed E-state index contributed by atoms with van der Waals surface area (Å²) in [5.74, 6) is 2.58. The van der Waals surface area contributed by atoms with E-state index in [1.165, 1.54) is 0 Å². The van der Waals surface area contributed by atoms with Crippen molar-refractivity contribution in [1.82, 2.24) is 9.97 Å². The SMILES string of the molecule is COc1cccc2nc(C)oc12.Cc1ncc(-c2c(Cl)cccc2Cl)o1. The molecule has 2 aromatic heterocycles. The van der Waals surface area contributed by atoms with Crippen LogP contribution in [0.5, 0.6) is 5.75 Å². The smallest absolute Gasteiger partial charge is 0.196 e. The van der Waals surface area contributed by atoms with E-state index in [-0.39, 0.29) is 0 Å². The van der Waals surface area contributed by atoms with Gasteiger partial charge in [0.05, 0.1) is 28.9 Å². The van der Waals surface area contributed by atoms with Gasteiger partial charge in [-0.2, -0.15) is 0 Å². The fourth-order valence-corrected chi connectivity index (χ4v) is 2.99. The van der Waals surface area contributed by atoms with Crippen molar-refractivity contribution in [2.75, 3.05) is 7.11 Å². The maximum Gasteiger partial charge on any atom is 0.196 e. The molecule has 4 rings (SSSR count). The highest BCUT2D eigenvalue weighted by molar-refractivity contribution is 6.39. The van der Waals surface area contributed by atoms with Gasteiger partial charge in [-0.05, 0) is 24.3 Å². The molecule has 0 unspecified atom stereocenters. The van der Waals surface area contributed by atoms with E-state index in [4.69, 9.17) is 36.8 Å². The Bertz CT molecular complexity index is 1020. The molecule has 0 aliphatic carbocycles. The zero-order valence-corrected chi connectivity index (χ0v) is 15.9. The highest BCUT2D eigenvalue weighted by Gasteiger charge is 2.11. The number of oxazole rings is 2. The zero-order chi connectivity index (χ0) is 18.7. The Morgan fingerprint density at radius 2 is 1.62 bits per heavy atom. The van der Waals surface area contributed by atoms with Crippen LogP contribution in [-0.2, 0) is 0 Å². The quantitative estimate of drug-likeness (QED) is 0.413. The molecule has 26 heavy (non-hydrogen) atoms. The van der Waals surface area contributed by atoms with E-state index in [0.717, 1.165) is 16.8 Å². The van der Waals surface area contributed by atoms with E-state index >= 15 is 0 Å².